The molecule has 0 aliphatic rings. The first-order valence-electron chi connectivity index (χ1n) is 10.3. The van der Waals surface area contributed by atoms with Crippen molar-refractivity contribution >= 4 is 49.4 Å². The van der Waals surface area contributed by atoms with E-state index < -0.39 is 49.4 Å². The normalized spacial score (nSPS) is 13.5. The fourth-order valence-corrected chi connectivity index (χ4v) is 27.2. The minimum Gasteiger partial charge on any atom is -0.668 e. The molecule has 3 nitrogen and oxygen atoms in total. The smallest absolute Gasteiger partial charge is 0.668 e. The molecule has 10 heteroatoms. The molecule has 0 unspecified atom stereocenters. The topological polar surface area (TPSA) is 42.3 Å². The van der Waals surface area contributed by atoms with Gasteiger partial charge in [0.25, 0.3) is 0 Å². The Morgan fingerprint density at radius 2 is 0.321 bits per heavy atom. The standard InChI is InChI=1S/3C6H18NSi2.Er/c3*1-8(2,3)7-9(4,5)6;/h3*1-6H3;/q3*-1;+3. The first kappa shape index (κ1) is 37.7. The van der Waals surface area contributed by atoms with E-state index in [1.807, 2.05) is 0 Å². The van der Waals surface area contributed by atoms with Crippen LogP contribution < -0.4 is 0 Å². The summed E-state index contributed by atoms with van der Waals surface area (Å²) in [4.78, 5) is 0. The Morgan fingerprint density at radius 3 is 0.321 bits per heavy atom. The van der Waals surface area contributed by atoms with Gasteiger partial charge in [-0.3, -0.25) is 0 Å². The molecule has 0 saturated heterocycles. The third kappa shape index (κ3) is 51.2. The van der Waals surface area contributed by atoms with E-state index in [2.05, 4.69) is 118 Å². The minimum atomic E-state index is -1.11. The maximum absolute atomic E-state index is 4.82. The SMILES string of the molecule is C[Si](C)(C)[N-][Si](C)(C)C.C[Si](C)(C)[N-][Si](C)(C)C.C[Si](C)(C)[N-][Si](C)(C)C.[Er+3]. The van der Waals surface area contributed by atoms with E-state index in [1.54, 1.807) is 0 Å². The molecular formula is C18H54ErN3Si6. The van der Waals surface area contributed by atoms with Crippen LogP contribution in [0.2, 0.25) is 118 Å². The molecule has 0 aliphatic heterocycles. The van der Waals surface area contributed by atoms with Crippen molar-refractivity contribution < 1.29 is 37.3 Å². The van der Waals surface area contributed by atoms with Gasteiger partial charge in [-0.25, -0.2) is 0 Å². The summed E-state index contributed by atoms with van der Waals surface area (Å²) >= 11 is 0. The van der Waals surface area contributed by atoms with Gasteiger partial charge >= 0.3 is 37.3 Å². The molecule has 0 aromatic rings. The Hall–Kier alpha value is 2.43. The van der Waals surface area contributed by atoms with Gasteiger partial charge in [0.15, 0.2) is 0 Å². The first-order valence-corrected chi connectivity index (χ1v) is 31.0. The Bertz CT molecular complexity index is 297. The summed E-state index contributed by atoms with van der Waals surface area (Å²) < 4.78 is 14.5. The van der Waals surface area contributed by atoms with Gasteiger partial charge in [-0.1, -0.05) is 167 Å². The predicted octanol–water partition coefficient (Wildman–Crippen LogP) is 9.09. The van der Waals surface area contributed by atoms with E-state index in [1.165, 1.54) is 0 Å². The van der Waals surface area contributed by atoms with Crippen LogP contribution >= 0.6 is 0 Å². The van der Waals surface area contributed by atoms with Gasteiger partial charge in [-0.05, 0) is 0 Å². The summed E-state index contributed by atoms with van der Waals surface area (Å²) in [5.41, 5.74) is 0. The fourth-order valence-electron chi connectivity index (χ4n) is 3.02. The third-order valence-corrected chi connectivity index (χ3v) is 18.1. The van der Waals surface area contributed by atoms with E-state index in [4.69, 9.17) is 13.9 Å². The largest absolute Gasteiger partial charge is 3.00 e. The van der Waals surface area contributed by atoms with Crippen LogP contribution in [0.3, 0.4) is 0 Å². The predicted molar refractivity (Wildman–Crippen MR) is 150 cm³/mol. The van der Waals surface area contributed by atoms with Gasteiger partial charge in [0, 0.05) is 0 Å². The van der Waals surface area contributed by atoms with Gasteiger partial charge < -0.3 is 13.9 Å². The van der Waals surface area contributed by atoms with Crippen LogP contribution in [0.1, 0.15) is 0 Å². The molecular weight excluding hydrogens is 594 g/mol. The van der Waals surface area contributed by atoms with Crippen molar-refractivity contribution in [2.75, 3.05) is 0 Å². The summed E-state index contributed by atoms with van der Waals surface area (Å²) in [5.74, 6) is 0. The molecule has 0 amide bonds. The van der Waals surface area contributed by atoms with Gasteiger partial charge in [0.05, 0.1) is 0 Å². The maximum atomic E-state index is 4.82. The van der Waals surface area contributed by atoms with Gasteiger partial charge in [-0.15, -0.1) is 0 Å². The maximum Gasteiger partial charge on any atom is 3.00 e. The van der Waals surface area contributed by atoms with Crippen molar-refractivity contribution in [1.82, 2.24) is 0 Å². The molecule has 0 bridgehead atoms. The van der Waals surface area contributed by atoms with E-state index in [0.717, 1.165) is 0 Å². The summed E-state index contributed by atoms with van der Waals surface area (Å²) in [5, 5.41) is 0. The van der Waals surface area contributed by atoms with Crippen molar-refractivity contribution in [2.45, 2.75) is 118 Å². The number of rotatable bonds is 6. The molecule has 0 aliphatic carbocycles. The quantitative estimate of drug-likeness (QED) is 0.258. The summed E-state index contributed by atoms with van der Waals surface area (Å²) in [6, 6.07) is 0. The molecule has 0 aromatic carbocycles. The molecule has 177 valence electrons. The second-order valence-electron chi connectivity index (χ2n) is 13.4. The van der Waals surface area contributed by atoms with Crippen molar-refractivity contribution in [3.05, 3.63) is 13.9 Å². The molecule has 0 heterocycles. The average Bonchev–Trinajstić information content (AvgIpc) is 1.96. The second-order valence-corrected chi connectivity index (χ2v) is 42.1. The molecule has 1 radical (unpaired) electrons. The van der Waals surface area contributed by atoms with Crippen LogP contribution in [0.5, 0.6) is 0 Å². The van der Waals surface area contributed by atoms with Crippen LogP contribution in [0, 0.1) is 37.3 Å². The summed E-state index contributed by atoms with van der Waals surface area (Å²) in [6.45, 7) is 41.3. The van der Waals surface area contributed by atoms with E-state index in [0.29, 0.717) is 0 Å². The molecule has 28 heavy (non-hydrogen) atoms. The zero-order chi connectivity index (χ0) is 23.1. The Kier molecular flexibility index (Phi) is 18.7. The molecule has 0 aromatic heterocycles. The van der Waals surface area contributed by atoms with Gasteiger partial charge in [0.2, 0.25) is 0 Å². The van der Waals surface area contributed by atoms with Gasteiger partial charge in [0.1, 0.15) is 0 Å². The van der Waals surface area contributed by atoms with Crippen molar-refractivity contribution in [3.8, 4) is 0 Å². The average molecular weight is 648 g/mol. The zero-order valence-corrected chi connectivity index (χ0v) is 30.5. The molecule has 0 saturated carbocycles. The molecule has 0 atom stereocenters. The third-order valence-electron chi connectivity index (χ3n) is 2.01. The molecule has 0 rings (SSSR count). The van der Waals surface area contributed by atoms with E-state index in [9.17, 15) is 0 Å². The molecule has 0 fully saturated rings. The number of nitrogens with zero attached hydrogens (tertiary/aromatic N) is 3. The van der Waals surface area contributed by atoms with Crippen molar-refractivity contribution in [1.29, 1.82) is 0 Å². The van der Waals surface area contributed by atoms with Crippen LogP contribution in [0.4, 0.5) is 0 Å². The summed E-state index contributed by atoms with van der Waals surface area (Å²) in [6.07, 6.45) is 0. The van der Waals surface area contributed by atoms with Crippen LogP contribution in [-0.2, 0) is 0 Å². The number of hydrogen-bond acceptors (Lipinski definition) is 0. The second kappa shape index (κ2) is 13.9. The van der Waals surface area contributed by atoms with E-state index in [-0.39, 0.29) is 37.3 Å². The van der Waals surface area contributed by atoms with Crippen molar-refractivity contribution in [3.63, 3.8) is 0 Å². The minimum absolute atomic E-state index is 0. The van der Waals surface area contributed by atoms with Crippen LogP contribution in [-0.4, -0.2) is 49.4 Å². The van der Waals surface area contributed by atoms with Crippen LogP contribution in [0.25, 0.3) is 13.9 Å². The molecule has 0 N–H and O–H groups in total. The van der Waals surface area contributed by atoms with Crippen LogP contribution in [0.15, 0.2) is 0 Å². The first-order chi connectivity index (χ1) is 11.1. The number of hydrogen-bond donors (Lipinski definition) is 0. The fraction of sp³-hybridized carbons (Fsp3) is 1.00. The molecule has 0 spiro atoms. The Morgan fingerprint density at radius 1 is 0.250 bits per heavy atom. The summed E-state index contributed by atoms with van der Waals surface area (Å²) in [7, 11) is -6.64. The van der Waals surface area contributed by atoms with Gasteiger partial charge in [-0.2, -0.15) is 0 Å². The monoisotopic (exact) mass is 646 g/mol. The zero-order valence-electron chi connectivity index (χ0n) is 22.6. The van der Waals surface area contributed by atoms with E-state index >= 15 is 0 Å². The Balaban J connectivity index is -0.000000152. The van der Waals surface area contributed by atoms with Crippen molar-refractivity contribution in [2.24, 2.45) is 0 Å². The Labute approximate surface area is 216 Å².